The van der Waals surface area contributed by atoms with E-state index in [2.05, 4.69) is 14.9 Å². The third kappa shape index (κ3) is 3.77. The zero-order chi connectivity index (χ0) is 18.0. The van der Waals surface area contributed by atoms with Crippen LogP contribution in [0.3, 0.4) is 0 Å². The molecule has 7 nitrogen and oxygen atoms in total. The maximum atomic E-state index is 12.5. The van der Waals surface area contributed by atoms with Gasteiger partial charge in [0.1, 0.15) is 4.21 Å². The molecule has 0 spiro atoms. The maximum absolute atomic E-state index is 12.5. The second kappa shape index (κ2) is 6.77. The van der Waals surface area contributed by atoms with Crippen molar-refractivity contribution in [1.82, 2.24) is 10.1 Å². The monoisotopic (exact) mass is 377 g/mol. The zero-order valence-electron chi connectivity index (χ0n) is 13.5. The number of nitrogens with zero attached hydrogens (tertiary/aromatic N) is 2. The van der Waals surface area contributed by atoms with Gasteiger partial charge in [-0.1, -0.05) is 12.1 Å². The van der Waals surface area contributed by atoms with Gasteiger partial charge in [0, 0.05) is 28.6 Å². The topological polar surface area (TPSA) is 102 Å². The number of sulfonamides is 1. The number of hydrogen-bond donors (Lipinski definition) is 1. The highest BCUT2D eigenvalue weighted by Crippen LogP contribution is 2.28. The Hall–Kier alpha value is -2.52. The fourth-order valence-electron chi connectivity index (χ4n) is 2.07. The number of carbonyl (C=O) groups is 1. The van der Waals surface area contributed by atoms with Crippen LogP contribution in [0.4, 0.5) is 5.69 Å². The van der Waals surface area contributed by atoms with Crippen LogP contribution in [-0.2, 0) is 16.4 Å². The number of carbonyl (C=O) groups excluding carboxylic acids is 1. The highest BCUT2D eigenvalue weighted by molar-refractivity contribution is 7.94. The van der Waals surface area contributed by atoms with Gasteiger partial charge in [-0.2, -0.15) is 4.98 Å². The summed E-state index contributed by atoms with van der Waals surface area (Å²) in [5, 5.41) is 5.50. The lowest BCUT2D eigenvalue weighted by Gasteiger charge is -2.06. The number of aryl methyl sites for hydroxylation is 1. The largest absolute Gasteiger partial charge is 0.339 e. The van der Waals surface area contributed by atoms with E-state index in [-0.39, 0.29) is 9.99 Å². The minimum Gasteiger partial charge on any atom is -0.339 e. The normalized spacial score (nSPS) is 11.4. The first-order chi connectivity index (χ1) is 11.9. The van der Waals surface area contributed by atoms with Crippen LogP contribution in [0.2, 0.25) is 0 Å². The van der Waals surface area contributed by atoms with Crippen molar-refractivity contribution in [3.05, 3.63) is 47.2 Å². The summed E-state index contributed by atoms with van der Waals surface area (Å²) < 4.78 is 32.7. The lowest BCUT2D eigenvalue weighted by atomic mass is 10.1. The van der Waals surface area contributed by atoms with Gasteiger partial charge in [0.05, 0.1) is 0 Å². The average Bonchev–Trinajstić information content (AvgIpc) is 3.24. The molecule has 0 fully saturated rings. The SMILES string of the molecule is CCc1nc(-c2csc(S(=O)(=O)Nc3ccc(C(C)=O)cc3)c2)no1. The minimum atomic E-state index is -3.73. The quantitative estimate of drug-likeness (QED) is 0.661. The van der Waals surface area contributed by atoms with E-state index in [1.54, 1.807) is 29.6 Å². The van der Waals surface area contributed by atoms with Gasteiger partial charge in [-0.25, -0.2) is 8.42 Å². The number of nitrogens with one attached hydrogen (secondary N) is 1. The Morgan fingerprint density at radius 1 is 1.28 bits per heavy atom. The van der Waals surface area contributed by atoms with Crippen LogP contribution in [0.1, 0.15) is 30.1 Å². The smallest absolute Gasteiger partial charge is 0.271 e. The molecule has 1 aromatic carbocycles. The van der Waals surface area contributed by atoms with Crippen LogP contribution in [0.5, 0.6) is 0 Å². The first kappa shape index (κ1) is 17.3. The molecule has 0 atom stereocenters. The lowest BCUT2D eigenvalue weighted by Crippen LogP contribution is -2.11. The molecule has 2 heterocycles. The summed E-state index contributed by atoms with van der Waals surface area (Å²) in [4.78, 5) is 15.5. The van der Waals surface area contributed by atoms with Gasteiger partial charge in [0.15, 0.2) is 5.78 Å². The molecule has 0 bridgehead atoms. The Labute approximate surface area is 148 Å². The summed E-state index contributed by atoms with van der Waals surface area (Å²) in [6, 6.07) is 7.75. The Bertz CT molecular complexity index is 1000. The predicted octanol–water partition coefficient (Wildman–Crippen LogP) is 3.36. The van der Waals surface area contributed by atoms with E-state index in [4.69, 9.17) is 4.52 Å². The molecule has 3 aromatic rings. The van der Waals surface area contributed by atoms with Crippen molar-refractivity contribution in [2.24, 2.45) is 0 Å². The number of ketones is 1. The Balaban J connectivity index is 1.81. The Morgan fingerprint density at radius 3 is 2.60 bits per heavy atom. The van der Waals surface area contributed by atoms with Crippen molar-refractivity contribution in [3.8, 4) is 11.4 Å². The molecule has 0 saturated heterocycles. The van der Waals surface area contributed by atoms with Crippen molar-refractivity contribution in [3.63, 3.8) is 0 Å². The second-order valence-electron chi connectivity index (χ2n) is 5.26. The maximum Gasteiger partial charge on any atom is 0.271 e. The average molecular weight is 377 g/mol. The molecule has 3 rings (SSSR count). The van der Waals surface area contributed by atoms with Gasteiger partial charge in [-0.05, 0) is 37.3 Å². The van der Waals surface area contributed by atoms with E-state index in [0.29, 0.717) is 35.0 Å². The number of benzene rings is 1. The number of hydrogen-bond acceptors (Lipinski definition) is 7. The molecular formula is C16H15N3O4S2. The third-order valence-corrected chi connectivity index (χ3v) is 6.23. The van der Waals surface area contributed by atoms with E-state index < -0.39 is 10.0 Å². The van der Waals surface area contributed by atoms with Gasteiger partial charge in [0.25, 0.3) is 10.0 Å². The summed E-state index contributed by atoms with van der Waals surface area (Å²) >= 11 is 1.07. The lowest BCUT2D eigenvalue weighted by molar-refractivity contribution is 0.101. The molecule has 0 unspecified atom stereocenters. The summed E-state index contributed by atoms with van der Waals surface area (Å²) in [5.41, 5.74) is 1.48. The molecule has 0 aliphatic rings. The predicted molar refractivity (Wildman–Crippen MR) is 94.2 cm³/mol. The molecule has 25 heavy (non-hydrogen) atoms. The highest BCUT2D eigenvalue weighted by Gasteiger charge is 2.19. The fourth-order valence-corrected chi connectivity index (χ4v) is 4.29. The van der Waals surface area contributed by atoms with Gasteiger partial charge in [-0.3, -0.25) is 9.52 Å². The molecule has 0 radical (unpaired) electrons. The van der Waals surface area contributed by atoms with Crippen molar-refractivity contribution in [2.75, 3.05) is 4.72 Å². The number of anilines is 1. The zero-order valence-corrected chi connectivity index (χ0v) is 15.1. The van der Waals surface area contributed by atoms with Crippen molar-refractivity contribution in [2.45, 2.75) is 24.5 Å². The van der Waals surface area contributed by atoms with Gasteiger partial charge in [-0.15, -0.1) is 11.3 Å². The summed E-state index contributed by atoms with van der Waals surface area (Å²) in [6.07, 6.45) is 0.611. The van der Waals surface area contributed by atoms with E-state index in [1.165, 1.54) is 13.0 Å². The van der Waals surface area contributed by atoms with Crippen LogP contribution in [-0.4, -0.2) is 24.3 Å². The minimum absolute atomic E-state index is 0.0798. The molecule has 0 amide bonds. The highest BCUT2D eigenvalue weighted by atomic mass is 32.2. The fraction of sp³-hybridized carbons (Fsp3) is 0.188. The van der Waals surface area contributed by atoms with E-state index >= 15 is 0 Å². The number of aromatic nitrogens is 2. The molecule has 1 N–H and O–H groups in total. The molecule has 0 aliphatic carbocycles. The van der Waals surface area contributed by atoms with E-state index in [0.717, 1.165) is 11.3 Å². The second-order valence-corrected chi connectivity index (χ2v) is 8.08. The molecule has 9 heteroatoms. The van der Waals surface area contributed by atoms with Crippen LogP contribution in [0, 0.1) is 0 Å². The van der Waals surface area contributed by atoms with Crippen molar-refractivity contribution >= 4 is 32.8 Å². The van der Waals surface area contributed by atoms with Crippen LogP contribution < -0.4 is 4.72 Å². The third-order valence-electron chi connectivity index (χ3n) is 3.41. The van der Waals surface area contributed by atoms with Crippen LogP contribution >= 0.6 is 11.3 Å². The molecule has 130 valence electrons. The molecular weight excluding hydrogens is 362 g/mol. The summed E-state index contributed by atoms with van der Waals surface area (Å²) in [6.45, 7) is 3.34. The van der Waals surface area contributed by atoms with Crippen molar-refractivity contribution in [1.29, 1.82) is 0 Å². The van der Waals surface area contributed by atoms with Gasteiger partial charge in [0.2, 0.25) is 11.7 Å². The summed E-state index contributed by atoms with van der Waals surface area (Å²) in [5.74, 6) is 0.776. The van der Waals surface area contributed by atoms with Crippen LogP contribution in [0.25, 0.3) is 11.4 Å². The standard InChI is InChI=1S/C16H15N3O4S2/c1-3-14-17-16(18-23-14)12-8-15(24-9-12)25(21,22)19-13-6-4-11(5-7-13)10(2)20/h4-9,19H,3H2,1-2H3. The van der Waals surface area contributed by atoms with Gasteiger partial charge >= 0.3 is 0 Å². The number of thiophene rings is 1. The molecule has 0 aliphatic heterocycles. The molecule has 0 saturated carbocycles. The first-order valence-electron chi connectivity index (χ1n) is 7.44. The first-order valence-corrected chi connectivity index (χ1v) is 9.80. The summed E-state index contributed by atoms with van der Waals surface area (Å²) in [7, 11) is -3.73. The van der Waals surface area contributed by atoms with E-state index in [9.17, 15) is 13.2 Å². The van der Waals surface area contributed by atoms with Gasteiger partial charge < -0.3 is 4.52 Å². The van der Waals surface area contributed by atoms with E-state index in [1.807, 2.05) is 6.92 Å². The van der Waals surface area contributed by atoms with Crippen molar-refractivity contribution < 1.29 is 17.7 Å². The van der Waals surface area contributed by atoms with Crippen LogP contribution in [0.15, 0.2) is 44.4 Å². The number of Topliss-reactive ketones (excluding diaryl/α,β-unsaturated/α-hetero) is 1. The Kier molecular flexibility index (Phi) is 4.69. The molecule has 2 aromatic heterocycles. The Morgan fingerprint density at radius 2 is 2.00 bits per heavy atom. The number of rotatable bonds is 6.